The third kappa shape index (κ3) is 5.13. The fourth-order valence-electron chi connectivity index (χ4n) is 3.74. The smallest absolute Gasteiger partial charge is 0.417 e. The van der Waals surface area contributed by atoms with Gasteiger partial charge in [-0.1, -0.05) is 17.7 Å². The number of rotatable bonds is 4. The first-order valence-corrected chi connectivity index (χ1v) is 10.8. The molecule has 6 nitrogen and oxygen atoms in total. The van der Waals surface area contributed by atoms with Crippen LogP contribution < -0.4 is 10.2 Å². The Hall–Kier alpha value is -3.07. The molecule has 3 heterocycles. The molecule has 33 heavy (non-hydrogen) atoms. The van der Waals surface area contributed by atoms with E-state index in [1.54, 1.807) is 11.0 Å². The number of nitrogens with zero attached hydrogens (tertiary/aromatic N) is 3. The maximum atomic E-state index is 12.8. The Labute approximate surface area is 193 Å². The largest absolute Gasteiger partial charge is 0.441 e. The normalized spacial score (nSPS) is 15.0. The van der Waals surface area contributed by atoms with Crippen molar-refractivity contribution in [2.24, 2.45) is 5.92 Å². The van der Waals surface area contributed by atoms with Gasteiger partial charge >= 0.3 is 6.18 Å². The lowest BCUT2D eigenvalue weighted by Crippen LogP contribution is -2.38. The highest BCUT2D eigenvalue weighted by molar-refractivity contribution is 6.33. The highest BCUT2D eigenvalue weighted by Crippen LogP contribution is 2.35. The van der Waals surface area contributed by atoms with Crippen LogP contribution in [0.2, 0.25) is 5.02 Å². The number of anilines is 2. The van der Waals surface area contributed by atoms with Gasteiger partial charge in [0.05, 0.1) is 16.3 Å². The number of oxazole rings is 1. The van der Waals surface area contributed by atoms with Crippen molar-refractivity contribution >= 4 is 29.0 Å². The van der Waals surface area contributed by atoms with Crippen LogP contribution in [-0.2, 0) is 11.0 Å². The number of amides is 1. The van der Waals surface area contributed by atoms with E-state index < -0.39 is 11.7 Å². The number of aryl methyl sites for hydroxylation is 2. The molecular formula is C23H22ClF3N4O2. The standard InChI is InChI=1S/C23H22ClF3N4O2/c1-13-14(2)33-22(29-13)16-4-3-5-18(10-16)30-21(32)15-6-8-31(9-7-15)20-19(24)11-17(12-28-20)23(25,26)27/h3-5,10-12,15H,6-9H2,1-2H3,(H,30,32). The number of benzene rings is 1. The Kier molecular flexibility index (Phi) is 6.34. The van der Waals surface area contributed by atoms with E-state index in [0.29, 0.717) is 43.3 Å². The zero-order chi connectivity index (χ0) is 23.8. The predicted molar refractivity (Wildman–Crippen MR) is 119 cm³/mol. The molecule has 0 bridgehead atoms. The van der Waals surface area contributed by atoms with Crippen molar-refractivity contribution in [2.75, 3.05) is 23.3 Å². The molecule has 0 radical (unpaired) electrons. The molecule has 0 spiro atoms. The lowest BCUT2D eigenvalue weighted by Gasteiger charge is -2.32. The average molecular weight is 479 g/mol. The maximum absolute atomic E-state index is 12.8. The molecule has 1 saturated heterocycles. The fourth-order valence-corrected chi connectivity index (χ4v) is 4.03. The molecule has 0 saturated carbocycles. The Bertz CT molecular complexity index is 1150. The number of pyridine rings is 1. The predicted octanol–water partition coefficient (Wildman–Crippen LogP) is 5.88. The van der Waals surface area contributed by atoms with Crippen LogP contribution in [0.5, 0.6) is 0 Å². The molecule has 1 N–H and O–H groups in total. The first-order chi connectivity index (χ1) is 15.6. The molecule has 1 aliphatic heterocycles. The van der Waals surface area contributed by atoms with E-state index in [1.807, 2.05) is 32.0 Å². The van der Waals surface area contributed by atoms with E-state index in [4.69, 9.17) is 16.0 Å². The molecule has 0 aliphatic carbocycles. The van der Waals surface area contributed by atoms with E-state index in [9.17, 15) is 18.0 Å². The van der Waals surface area contributed by atoms with Crippen LogP contribution in [0.25, 0.3) is 11.5 Å². The Morgan fingerprint density at radius 1 is 1.21 bits per heavy atom. The van der Waals surface area contributed by atoms with Crippen molar-refractivity contribution in [1.29, 1.82) is 0 Å². The zero-order valence-corrected chi connectivity index (χ0v) is 18.8. The van der Waals surface area contributed by atoms with Crippen LogP contribution in [0.1, 0.15) is 29.9 Å². The average Bonchev–Trinajstić information content (AvgIpc) is 3.12. The Morgan fingerprint density at radius 3 is 2.55 bits per heavy atom. The lowest BCUT2D eigenvalue weighted by molar-refractivity contribution is -0.137. The summed E-state index contributed by atoms with van der Waals surface area (Å²) in [6.07, 6.45) is -2.66. The molecule has 0 unspecified atom stereocenters. The second-order valence-electron chi connectivity index (χ2n) is 8.02. The molecule has 2 aromatic heterocycles. The fraction of sp³-hybridized carbons (Fsp3) is 0.348. The van der Waals surface area contributed by atoms with Crippen molar-refractivity contribution in [3.05, 3.63) is 58.6 Å². The van der Waals surface area contributed by atoms with Crippen LogP contribution in [0.3, 0.4) is 0 Å². The van der Waals surface area contributed by atoms with Gasteiger partial charge in [0.1, 0.15) is 11.6 Å². The van der Waals surface area contributed by atoms with Crippen LogP contribution in [-0.4, -0.2) is 29.0 Å². The molecular weight excluding hydrogens is 457 g/mol. The molecule has 1 amide bonds. The molecule has 0 atom stereocenters. The van der Waals surface area contributed by atoms with E-state index in [2.05, 4.69) is 15.3 Å². The van der Waals surface area contributed by atoms with Crippen molar-refractivity contribution < 1.29 is 22.4 Å². The lowest BCUT2D eigenvalue weighted by atomic mass is 9.95. The summed E-state index contributed by atoms with van der Waals surface area (Å²) >= 11 is 6.06. The van der Waals surface area contributed by atoms with Gasteiger partial charge in [0.15, 0.2) is 0 Å². The number of hydrogen-bond acceptors (Lipinski definition) is 5. The highest BCUT2D eigenvalue weighted by Gasteiger charge is 2.33. The topological polar surface area (TPSA) is 71.3 Å². The minimum absolute atomic E-state index is 0.0541. The van der Waals surface area contributed by atoms with Crippen LogP contribution in [0.4, 0.5) is 24.7 Å². The monoisotopic (exact) mass is 478 g/mol. The van der Waals surface area contributed by atoms with Gasteiger partial charge in [-0.05, 0) is 51.0 Å². The number of piperidine rings is 1. The first kappa shape index (κ1) is 23.1. The highest BCUT2D eigenvalue weighted by atomic mass is 35.5. The van der Waals surface area contributed by atoms with Gasteiger partial charge in [-0.15, -0.1) is 0 Å². The second-order valence-corrected chi connectivity index (χ2v) is 8.43. The quantitative estimate of drug-likeness (QED) is 0.507. The maximum Gasteiger partial charge on any atom is 0.417 e. The van der Waals surface area contributed by atoms with Crippen LogP contribution in [0, 0.1) is 19.8 Å². The number of hydrogen-bond donors (Lipinski definition) is 1. The van der Waals surface area contributed by atoms with Crippen molar-refractivity contribution in [2.45, 2.75) is 32.9 Å². The molecule has 10 heteroatoms. The summed E-state index contributed by atoms with van der Waals surface area (Å²) in [6.45, 7) is 4.64. The molecule has 1 aliphatic rings. The summed E-state index contributed by atoms with van der Waals surface area (Å²) in [5.74, 6) is 1.19. The van der Waals surface area contributed by atoms with Gasteiger partial charge < -0.3 is 14.6 Å². The van der Waals surface area contributed by atoms with Crippen LogP contribution in [0.15, 0.2) is 40.9 Å². The minimum Gasteiger partial charge on any atom is -0.441 e. The van der Waals surface area contributed by atoms with E-state index in [0.717, 1.165) is 29.3 Å². The summed E-state index contributed by atoms with van der Waals surface area (Å²) < 4.78 is 44.2. The minimum atomic E-state index is -4.50. The van der Waals surface area contributed by atoms with Crippen molar-refractivity contribution in [3.63, 3.8) is 0 Å². The summed E-state index contributed by atoms with van der Waals surface area (Å²) in [7, 11) is 0. The summed E-state index contributed by atoms with van der Waals surface area (Å²) in [4.78, 5) is 22.9. The first-order valence-electron chi connectivity index (χ1n) is 10.4. The number of carbonyl (C=O) groups is 1. The number of halogens is 4. The van der Waals surface area contributed by atoms with Crippen molar-refractivity contribution in [1.82, 2.24) is 9.97 Å². The number of nitrogens with one attached hydrogen (secondary N) is 1. The van der Waals surface area contributed by atoms with E-state index >= 15 is 0 Å². The summed E-state index contributed by atoms with van der Waals surface area (Å²) in [6, 6.07) is 8.17. The van der Waals surface area contributed by atoms with Gasteiger partial charge in [-0.25, -0.2) is 9.97 Å². The second kappa shape index (κ2) is 9.05. The van der Waals surface area contributed by atoms with Gasteiger partial charge in [0.25, 0.3) is 0 Å². The molecule has 3 aromatic rings. The third-order valence-corrected chi connectivity index (χ3v) is 6.00. The Morgan fingerprint density at radius 2 is 1.94 bits per heavy atom. The molecule has 4 rings (SSSR count). The SMILES string of the molecule is Cc1nc(-c2cccc(NC(=O)C3CCN(c4ncc(C(F)(F)F)cc4Cl)CC3)c2)oc1C. The van der Waals surface area contributed by atoms with Gasteiger partial charge in [0, 0.05) is 36.5 Å². The van der Waals surface area contributed by atoms with Gasteiger partial charge in [-0.3, -0.25) is 4.79 Å². The zero-order valence-electron chi connectivity index (χ0n) is 18.0. The molecule has 1 fully saturated rings. The molecule has 1 aromatic carbocycles. The third-order valence-electron chi connectivity index (χ3n) is 5.72. The summed E-state index contributed by atoms with van der Waals surface area (Å²) in [5.41, 5.74) is 1.33. The van der Waals surface area contributed by atoms with Crippen molar-refractivity contribution in [3.8, 4) is 11.5 Å². The summed E-state index contributed by atoms with van der Waals surface area (Å²) in [5, 5.41) is 2.89. The number of alkyl halides is 3. The van der Waals surface area contributed by atoms with E-state index in [-0.39, 0.29) is 16.8 Å². The Balaban J connectivity index is 1.38. The molecule has 174 valence electrons. The number of carbonyl (C=O) groups excluding carboxylic acids is 1. The van der Waals surface area contributed by atoms with Gasteiger partial charge in [-0.2, -0.15) is 13.2 Å². The van der Waals surface area contributed by atoms with Crippen LogP contribution >= 0.6 is 11.6 Å². The number of aromatic nitrogens is 2. The van der Waals surface area contributed by atoms with Gasteiger partial charge in [0.2, 0.25) is 11.8 Å². The van der Waals surface area contributed by atoms with E-state index in [1.165, 1.54) is 0 Å².